The van der Waals surface area contributed by atoms with E-state index in [4.69, 9.17) is 0 Å². The second-order valence-electron chi connectivity index (χ2n) is 4.53. The van der Waals surface area contributed by atoms with Gasteiger partial charge in [0.15, 0.2) is 0 Å². The van der Waals surface area contributed by atoms with Crippen molar-refractivity contribution in [2.75, 3.05) is 0 Å². The SMILES string of the molecule is O=C(O)C(NC(C(=O)O)c1ccccc1)c1ccccc1. The highest BCUT2D eigenvalue weighted by atomic mass is 16.4. The van der Waals surface area contributed by atoms with Crippen molar-refractivity contribution in [1.82, 2.24) is 5.32 Å². The van der Waals surface area contributed by atoms with E-state index < -0.39 is 24.0 Å². The summed E-state index contributed by atoms with van der Waals surface area (Å²) in [7, 11) is 0. The summed E-state index contributed by atoms with van der Waals surface area (Å²) in [5, 5.41) is 21.4. The molecule has 0 aliphatic carbocycles. The van der Waals surface area contributed by atoms with Crippen LogP contribution in [0.2, 0.25) is 0 Å². The molecule has 0 heterocycles. The van der Waals surface area contributed by atoms with Crippen LogP contribution in [0, 0.1) is 0 Å². The van der Waals surface area contributed by atoms with Gasteiger partial charge in [-0.1, -0.05) is 60.7 Å². The Kier molecular flexibility index (Phi) is 4.68. The maximum Gasteiger partial charge on any atom is 0.325 e. The molecule has 2 atom stereocenters. The molecule has 5 heteroatoms. The predicted molar refractivity (Wildman–Crippen MR) is 76.8 cm³/mol. The number of carboxylic acid groups (broad SMARTS) is 2. The van der Waals surface area contributed by atoms with Crippen LogP contribution in [0.15, 0.2) is 60.7 Å². The quantitative estimate of drug-likeness (QED) is 0.757. The Bertz CT molecular complexity index is 557. The molecular weight excluding hydrogens is 270 g/mol. The zero-order valence-electron chi connectivity index (χ0n) is 11.1. The Morgan fingerprint density at radius 2 is 1.05 bits per heavy atom. The standard InChI is InChI=1S/C16H15NO4/c18-15(19)13(11-7-3-1-4-8-11)17-14(16(20)21)12-9-5-2-6-10-12/h1-10,13-14,17H,(H,18,19)(H,20,21). The fourth-order valence-electron chi connectivity index (χ4n) is 2.08. The third kappa shape index (κ3) is 3.67. The van der Waals surface area contributed by atoms with Gasteiger partial charge in [0, 0.05) is 0 Å². The molecule has 2 unspecified atom stereocenters. The molecule has 0 aromatic heterocycles. The van der Waals surface area contributed by atoms with Crippen LogP contribution in [0.25, 0.3) is 0 Å². The molecule has 0 saturated heterocycles. The van der Waals surface area contributed by atoms with Crippen molar-refractivity contribution in [3.63, 3.8) is 0 Å². The summed E-state index contributed by atoms with van der Waals surface area (Å²) < 4.78 is 0. The Morgan fingerprint density at radius 3 is 1.33 bits per heavy atom. The van der Waals surface area contributed by atoms with E-state index in [1.165, 1.54) is 0 Å². The molecule has 0 saturated carbocycles. The third-order valence-electron chi connectivity index (χ3n) is 3.09. The second-order valence-corrected chi connectivity index (χ2v) is 4.53. The van der Waals surface area contributed by atoms with Gasteiger partial charge in [0.25, 0.3) is 0 Å². The van der Waals surface area contributed by atoms with Gasteiger partial charge in [-0.05, 0) is 11.1 Å². The fourth-order valence-corrected chi connectivity index (χ4v) is 2.08. The zero-order chi connectivity index (χ0) is 15.2. The van der Waals surface area contributed by atoms with Crippen LogP contribution in [0.3, 0.4) is 0 Å². The number of aliphatic carboxylic acids is 2. The molecule has 0 amide bonds. The highest BCUT2D eigenvalue weighted by Gasteiger charge is 2.28. The molecule has 0 radical (unpaired) electrons. The Balaban J connectivity index is 2.30. The van der Waals surface area contributed by atoms with Gasteiger partial charge in [0.2, 0.25) is 0 Å². The summed E-state index contributed by atoms with van der Waals surface area (Å²) in [5.74, 6) is -2.24. The first-order chi connectivity index (χ1) is 10.1. The zero-order valence-corrected chi connectivity index (χ0v) is 11.1. The Labute approximate surface area is 121 Å². The van der Waals surface area contributed by atoms with Crippen LogP contribution in [-0.4, -0.2) is 22.2 Å². The van der Waals surface area contributed by atoms with Crippen LogP contribution >= 0.6 is 0 Å². The van der Waals surface area contributed by atoms with Crippen LogP contribution in [0.1, 0.15) is 23.2 Å². The lowest BCUT2D eigenvalue weighted by Gasteiger charge is -2.21. The molecule has 0 bridgehead atoms. The average molecular weight is 285 g/mol. The molecule has 0 aliphatic heterocycles. The van der Waals surface area contributed by atoms with Crippen molar-refractivity contribution < 1.29 is 19.8 Å². The summed E-state index contributed by atoms with van der Waals surface area (Å²) in [6.07, 6.45) is 0. The molecule has 2 rings (SSSR count). The summed E-state index contributed by atoms with van der Waals surface area (Å²) in [6, 6.07) is 14.8. The molecule has 0 fully saturated rings. The lowest BCUT2D eigenvalue weighted by Crippen LogP contribution is -2.36. The monoisotopic (exact) mass is 285 g/mol. The average Bonchev–Trinajstić information content (AvgIpc) is 2.49. The van der Waals surface area contributed by atoms with E-state index in [1.807, 2.05) is 0 Å². The van der Waals surface area contributed by atoms with Gasteiger partial charge in [-0.25, -0.2) is 0 Å². The third-order valence-corrected chi connectivity index (χ3v) is 3.09. The second kappa shape index (κ2) is 6.67. The summed E-state index contributed by atoms with van der Waals surface area (Å²) in [4.78, 5) is 22.9. The van der Waals surface area contributed by atoms with Crippen LogP contribution < -0.4 is 5.32 Å². The summed E-state index contributed by atoms with van der Waals surface area (Å²) in [6.45, 7) is 0. The van der Waals surface area contributed by atoms with E-state index in [1.54, 1.807) is 60.7 Å². The largest absolute Gasteiger partial charge is 0.480 e. The number of carbonyl (C=O) groups is 2. The Hall–Kier alpha value is -2.66. The number of rotatable bonds is 6. The molecular formula is C16H15NO4. The van der Waals surface area contributed by atoms with Crippen molar-refractivity contribution in [1.29, 1.82) is 0 Å². The normalized spacial score (nSPS) is 13.3. The molecule has 108 valence electrons. The fraction of sp³-hybridized carbons (Fsp3) is 0.125. The van der Waals surface area contributed by atoms with Crippen molar-refractivity contribution in [3.05, 3.63) is 71.8 Å². The number of nitrogens with one attached hydrogen (secondary N) is 1. The number of hydrogen-bond donors (Lipinski definition) is 3. The highest BCUT2D eigenvalue weighted by Crippen LogP contribution is 2.20. The highest BCUT2D eigenvalue weighted by molar-refractivity contribution is 5.79. The minimum absolute atomic E-state index is 0.507. The van der Waals surface area contributed by atoms with E-state index in [2.05, 4.69) is 5.32 Å². The molecule has 3 N–H and O–H groups in total. The molecule has 2 aromatic carbocycles. The maximum absolute atomic E-state index is 11.4. The van der Waals surface area contributed by atoms with Crippen molar-refractivity contribution in [2.45, 2.75) is 12.1 Å². The van der Waals surface area contributed by atoms with E-state index in [9.17, 15) is 19.8 Å². The number of carboxylic acids is 2. The predicted octanol–water partition coefficient (Wildman–Crippen LogP) is 2.23. The topological polar surface area (TPSA) is 86.6 Å². The molecule has 2 aromatic rings. The lowest BCUT2D eigenvalue weighted by atomic mass is 10.0. The van der Waals surface area contributed by atoms with Crippen LogP contribution in [0.5, 0.6) is 0 Å². The Morgan fingerprint density at radius 1 is 0.714 bits per heavy atom. The van der Waals surface area contributed by atoms with E-state index in [-0.39, 0.29) is 0 Å². The maximum atomic E-state index is 11.4. The van der Waals surface area contributed by atoms with Crippen molar-refractivity contribution in [3.8, 4) is 0 Å². The summed E-state index contributed by atoms with van der Waals surface area (Å²) >= 11 is 0. The van der Waals surface area contributed by atoms with Gasteiger partial charge >= 0.3 is 11.9 Å². The van der Waals surface area contributed by atoms with Gasteiger partial charge in [0.1, 0.15) is 12.1 Å². The first-order valence-corrected chi connectivity index (χ1v) is 6.41. The first-order valence-electron chi connectivity index (χ1n) is 6.41. The van der Waals surface area contributed by atoms with Crippen LogP contribution in [0.4, 0.5) is 0 Å². The summed E-state index contributed by atoms with van der Waals surface area (Å²) in [5.41, 5.74) is 1.01. The minimum Gasteiger partial charge on any atom is -0.480 e. The van der Waals surface area contributed by atoms with E-state index >= 15 is 0 Å². The molecule has 21 heavy (non-hydrogen) atoms. The molecule has 0 spiro atoms. The van der Waals surface area contributed by atoms with Gasteiger partial charge in [-0.3, -0.25) is 14.9 Å². The van der Waals surface area contributed by atoms with Crippen LogP contribution in [-0.2, 0) is 9.59 Å². The molecule has 5 nitrogen and oxygen atoms in total. The van der Waals surface area contributed by atoms with Crippen molar-refractivity contribution >= 4 is 11.9 Å². The number of hydrogen-bond acceptors (Lipinski definition) is 3. The minimum atomic E-state index is -1.12. The smallest absolute Gasteiger partial charge is 0.325 e. The first kappa shape index (κ1) is 14.7. The van der Waals surface area contributed by atoms with Gasteiger partial charge in [-0.15, -0.1) is 0 Å². The van der Waals surface area contributed by atoms with E-state index in [0.29, 0.717) is 11.1 Å². The van der Waals surface area contributed by atoms with E-state index in [0.717, 1.165) is 0 Å². The number of benzene rings is 2. The lowest BCUT2D eigenvalue weighted by molar-refractivity contribution is -0.142. The van der Waals surface area contributed by atoms with Gasteiger partial charge in [-0.2, -0.15) is 0 Å². The van der Waals surface area contributed by atoms with Crippen molar-refractivity contribution in [2.24, 2.45) is 0 Å². The van der Waals surface area contributed by atoms with Gasteiger partial charge < -0.3 is 10.2 Å². The molecule has 0 aliphatic rings. The van der Waals surface area contributed by atoms with Gasteiger partial charge in [0.05, 0.1) is 0 Å².